The smallest absolute Gasteiger partial charge is 0.271 e. The van der Waals surface area contributed by atoms with Crippen LogP contribution in [0, 0.1) is 12.8 Å². The maximum Gasteiger partial charge on any atom is 0.271 e. The summed E-state index contributed by atoms with van der Waals surface area (Å²) in [5.74, 6) is 0.539. The van der Waals surface area contributed by atoms with Crippen molar-refractivity contribution in [3.8, 4) is 0 Å². The molecule has 1 aliphatic carbocycles. The van der Waals surface area contributed by atoms with Crippen LogP contribution in [-0.4, -0.2) is 21.3 Å². The molecule has 19 heavy (non-hydrogen) atoms. The largest absolute Gasteiger partial charge is 0.348 e. The summed E-state index contributed by atoms with van der Waals surface area (Å²) in [4.78, 5) is 17.5. The molecule has 2 heterocycles. The number of hydrogen-bond donors (Lipinski definition) is 1. The van der Waals surface area contributed by atoms with Crippen molar-refractivity contribution in [3.05, 3.63) is 23.0 Å². The molecule has 2 aromatic heterocycles. The first-order chi connectivity index (χ1) is 9.15. The van der Waals surface area contributed by atoms with Crippen molar-refractivity contribution < 1.29 is 4.79 Å². The highest BCUT2D eigenvalue weighted by molar-refractivity contribution is 7.15. The van der Waals surface area contributed by atoms with Crippen molar-refractivity contribution in [3.63, 3.8) is 0 Å². The van der Waals surface area contributed by atoms with Crippen LogP contribution in [0.1, 0.15) is 48.8 Å². The molecule has 1 fully saturated rings. The Morgan fingerprint density at radius 3 is 3.00 bits per heavy atom. The molecule has 0 bridgehead atoms. The molecule has 0 aromatic carbocycles. The van der Waals surface area contributed by atoms with Crippen molar-refractivity contribution in [1.29, 1.82) is 0 Å². The molecule has 1 saturated carbocycles. The molecule has 2 unspecified atom stereocenters. The van der Waals surface area contributed by atoms with E-state index in [0.717, 1.165) is 17.1 Å². The van der Waals surface area contributed by atoms with Crippen molar-refractivity contribution >= 4 is 22.2 Å². The summed E-state index contributed by atoms with van der Waals surface area (Å²) in [6.45, 7) is 4.25. The molecule has 0 radical (unpaired) electrons. The quantitative estimate of drug-likeness (QED) is 0.917. The van der Waals surface area contributed by atoms with Crippen molar-refractivity contribution in [2.24, 2.45) is 5.92 Å². The second-order valence-corrected chi connectivity index (χ2v) is 6.33. The number of aromatic nitrogens is 2. The zero-order valence-corrected chi connectivity index (χ0v) is 12.2. The predicted molar refractivity (Wildman–Crippen MR) is 76.7 cm³/mol. The molecule has 3 rings (SSSR count). The fourth-order valence-corrected chi connectivity index (χ4v) is 3.63. The summed E-state index contributed by atoms with van der Waals surface area (Å²) in [5, 5.41) is 5.19. The molecule has 1 amide bonds. The fourth-order valence-electron chi connectivity index (χ4n) is 2.78. The van der Waals surface area contributed by atoms with Gasteiger partial charge in [-0.05, 0) is 25.7 Å². The van der Waals surface area contributed by atoms with E-state index in [2.05, 4.69) is 17.2 Å². The Kier molecular flexibility index (Phi) is 3.31. The first-order valence-electron chi connectivity index (χ1n) is 6.89. The molecule has 102 valence electrons. The zero-order valence-electron chi connectivity index (χ0n) is 11.3. The van der Waals surface area contributed by atoms with Gasteiger partial charge in [-0.25, -0.2) is 4.98 Å². The average Bonchev–Trinajstić information content (AvgIpc) is 2.95. The lowest BCUT2D eigenvalue weighted by atomic mass is 9.86. The summed E-state index contributed by atoms with van der Waals surface area (Å²) in [6.07, 6.45) is 6.64. The number of thiazole rings is 1. The summed E-state index contributed by atoms with van der Waals surface area (Å²) in [7, 11) is 0. The normalized spacial score (nSPS) is 23.7. The molecule has 4 nitrogen and oxygen atoms in total. The van der Waals surface area contributed by atoms with Crippen molar-refractivity contribution in [2.45, 2.75) is 45.6 Å². The van der Waals surface area contributed by atoms with Gasteiger partial charge < -0.3 is 5.32 Å². The third kappa shape index (κ3) is 2.39. The van der Waals surface area contributed by atoms with Crippen LogP contribution in [0.2, 0.25) is 0 Å². The maximum atomic E-state index is 12.3. The van der Waals surface area contributed by atoms with Crippen LogP contribution in [0.5, 0.6) is 0 Å². The number of hydrogen-bond acceptors (Lipinski definition) is 3. The number of amides is 1. The Morgan fingerprint density at radius 2 is 2.26 bits per heavy atom. The van der Waals surface area contributed by atoms with E-state index in [1.807, 2.05) is 22.9 Å². The fraction of sp³-hybridized carbons (Fsp3) is 0.571. The number of aryl methyl sites for hydroxylation is 1. The lowest BCUT2D eigenvalue weighted by Crippen LogP contribution is -2.41. The number of rotatable bonds is 2. The monoisotopic (exact) mass is 277 g/mol. The summed E-state index contributed by atoms with van der Waals surface area (Å²) in [5.41, 5.74) is 1.66. The number of nitrogens with one attached hydrogen (secondary N) is 1. The number of fused-ring (bicyclic) bond motifs is 1. The second-order valence-electron chi connectivity index (χ2n) is 5.50. The van der Waals surface area contributed by atoms with E-state index in [1.165, 1.54) is 19.3 Å². The average molecular weight is 277 g/mol. The van der Waals surface area contributed by atoms with Crippen LogP contribution in [0.3, 0.4) is 0 Å². The van der Waals surface area contributed by atoms with Crippen LogP contribution in [-0.2, 0) is 0 Å². The van der Waals surface area contributed by atoms with Crippen molar-refractivity contribution in [1.82, 2.24) is 14.7 Å². The Balaban J connectivity index is 1.75. The highest BCUT2D eigenvalue weighted by Crippen LogP contribution is 2.24. The molecule has 0 aliphatic heterocycles. The molecule has 2 aromatic rings. The van der Waals surface area contributed by atoms with E-state index in [9.17, 15) is 4.79 Å². The molecule has 0 saturated heterocycles. The van der Waals surface area contributed by atoms with E-state index >= 15 is 0 Å². The van der Waals surface area contributed by atoms with Gasteiger partial charge in [-0.15, -0.1) is 11.3 Å². The Morgan fingerprint density at radius 1 is 1.47 bits per heavy atom. The van der Waals surface area contributed by atoms with Gasteiger partial charge in [-0.2, -0.15) is 0 Å². The van der Waals surface area contributed by atoms with Gasteiger partial charge in [-0.1, -0.05) is 19.8 Å². The van der Waals surface area contributed by atoms with E-state index < -0.39 is 0 Å². The molecule has 5 heteroatoms. The minimum atomic E-state index is -0.0333. The molecular weight excluding hydrogens is 258 g/mol. The van der Waals surface area contributed by atoms with Gasteiger partial charge in [0.05, 0.1) is 0 Å². The van der Waals surface area contributed by atoms with Crippen LogP contribution >= 0.6 is 11.3 Å². The third-order valence-electron chi connectivity index (χ3n) is 4.05. The van der Waals surface area contributed by atoms with E-state index in [1.54, 1.807) is 11.3 Å². The maximum absolute atomic E-state index is 12.3. The Bertz CT molecular complexity index is 601. The Hall–Kier alpha value is -1.36. The predicted octanol–water partition coefficient (Wildman–Crippen LogP) is 3.01. The number of carbonyl (C=O) groups is 1. The first-order valence-corrected chi connectivity index (χ1v) is 7.77. The Labute approximate surface area is 116 Å². The molecule has 1 N–H and O–H groups in total. The third-order valence-corrected chi connectivity index (χ3v) is 5.01. The highest BCUT2D eigenvalue weighted by Gasteiger charge is 2.24. The standard InChI is InChI=1S/C14H19N3OS/c1-9-5-3-4-6-11(9)15-13(18)12-7-17-10(2)8-19-14(17)16-12/h7-9,11H,3-6H2,1-2H3,(H,15,18). The number of nitrogens with zero attached hydrogens (tertiary/aromatic N) is 2. The topological polar surface area (TPSA) is 46.4 Å². The van der Waals surface area contributed by atoms with Gasteiger partial charge in [0.15, 0.2) is 4.96 Å². The van der Waals surface area contributed by atoms with E-state index in [0.29, 0.717) is 17.7 Å². The van der Waals surface area contributed by atoms with E-state index in [4.69, 9.17) is 0 Å². The minimum Gasteiger partial charge on any atom is -0.348 e. The van der Waals surface area contributed by atoms with Crippen LogP contribution in [0.25, 0.3) is 4.96 Å². The van der Waals surface area contributed by atoms with Crippen LogP contribution < -0.4 is 5.32 Å². The summed E-state index contributed by atoms with van der Waals surface area (Å²) in [6, 6.07) is 0.307. The zero-order chi connectivity index (χ0) is 13.4. The highest BCUT2D eigenvalue weighted by atomic mass is 32.1. The number of imidazole rings is 1. The molecule has 2 atom stereocenters. The van der Waals surface area contributed by atoms with Gasteiger partial charge >= 0.3 is 0 Å². The van der Waals surface area contributed by atoms with Crippen molar-refractivity contribution in [2.75, 3.05) is 0 Å². The van der Waals surface area contributed by atoms with Gasteiger partial charge in [-0.3, -0.25) is 9.20 Å². The molecule has 1 aliphatic rings. The molecular formula is C14H19N3OS. The second kappa shape index (κ2) is 4.96. The first kappa shape index (κ1) is 12.7. The van der Waals surface area contributed by atoms with Gasteiger partial charge in [0.1, 0.15) is 5.69 Å². The van der Waals surface area contributed by atoms with Gasteiger partial charge in [0.2, 0.25) is 0 Å². The summed E-state index contributed by atoms with van der Waals surface area (Å²) < 4.78 is 1.98. The van der Waals surface area contributed by atoms with E-state index in [-0.39, 0.29) is 5.91 Å². The SMILES string of the molecule is Cc1csc2nc(C(=O)NC3CCCCC3C)cn12. The van der Waals surface area contributed by atoms with Crippen LogP contribution in [0.4, 0.5) is 0 Å². The lowest BCUT2D eigenvalue weighted by molar-refractivity contribution is 0.0906. The van der Waals surface area contributed by atoms with Gasteiger partial charge in [0.25, 0.3) is 5.91 Å². The van der Waals surface area contributed by atoms with Gasteiger partial charge in [0, 0.05) is 23.3 Å². The number of carbonyl (C=O) groups excluding carboxylic acids is 1. The van der Waals surface area contributed by atoms with Crippen LogP contribution in [0.15, 0.2) is 11.6 Å². The molecule has 0 spiro atoms. The minimum absolute atomic E-state index is 0.0333. The lowest BCUT2D eigenvalue weighted by Gasteiger charge is -2.29. The summed E-state index contributed by atoms with van der Waals surface area (Å²) >= 11 is 1.57.